The molecule has 0 unspecified atom stereocenters. The Morgan fingerprint density at radius 2 is 1.96 bits per heavy atom. The molecule has 0 aliphatic carbocycles. The zero-order chi connectivity index (χ0) is 17.1. The monoisotopic (exact) mass is 337 g/mol. The Kier molecular flexibility index (Phi) is 4.61. The minimum Gasteiger partial charge on any atom is -0.337 e. The van der Waals surface area contributed by atoms with E-state index in [0.717, 1.165) is 36.7 Å². The fourth-order valence-electron chi connectivity index (χ4n) is 3.39. The molecular weight excluding hydrogens is 314 g/mol. The van der Waals surface area contributed by atoms with Crippen molar-refractivity contribution in [3.8, 4) is 11.4 Å². The maximum atomic E-state index is 5.47. The lowest BCUT2D eigenvalue weighted by Gasteiger charge is -2.28. The van der Waals surface area contributed by atoms with Crippen LogP contribution in [0.5, 0.6) is 0 Å². The summed E-state index contributed by atoms with van der Waals surface area (Å²) in [5.74, 6) is 3.04. The summed E-state index contributed by atoms with van der Waals surface area (Å²) in [6, 6.07) is 10.1. The first-order valence-corrected chi connectivity index (χ1v) is 8.84. The molecule has 0 amide bonds. The SMILES string of the molecule is CN1CCC(Cc2noc(Cn3ccnc3-c3ccccc3)n2)CC1. The van der Waals surface area contributed by atoms with Gasteiger partial charge in [0.2, 0.25) is 5.89 Å². The van der Waals surface area contributed by atoms with Crippen LogP contribution in [0, 0.1) is 5.92 Å². The Labute approximate surface area is 147 Å². The smallest absolute Gasteiger partial charge is 0.246 e. The highest BCUT2D eigenvalue weighted by Crippen LogP contribution is 2.21. The Bertz CT molecular complexity index is 802. The molecule has 4 rings (SSSR count). The van der Waals surface area contributed by atoms with Crippen LogP contribution in [0.15, 0.2) is 47.2 Å². The first-order valence-electron chi connectivity index (χ1n) is 8.84. The standard InChI is InChI=1S/C19H23N5O/c1-23-10-7-15(8-11-23)13-17-21-18(25-22-17)14-24-12-9-20-19(24)16-5-3-2-4-6-16/h2-6,9,12,15H,7-8,10-11,13-14H2,1H3. The highest BCUT2D eigenvalue weighted by Gasteiger charge is 2.19. The van der Waals surface area contributed by atoms with Crippen molar-refractivity contribution in [2.45, 2.75) is 25.8 Å². The van der Waals surface area contributed by atoms with E-state index in [-0.39, 0.29) is 0 Å². The van der Waals surface area contributed by atoms with Crippen LogP contribution in [0.1, 0.15) is 24.6 Å². The molecule has 1 fully saturated rings. The summed E-state index contributed by atoms with van der Waals surface area (Å²) in [6.07, 6.45) is 7.08. The summed E-state index contributed by atoms with van der Waals surface area (Å²) in [5, 5.41) is 4.18. The van der Waals surface area contributed by atoms with Gasteiger partial charge < -0.3 is 14.0 Å². The number of hydrogen-bond donors (Lipinski definition) is 0. The van der Waals surface area contributed by atoms with Crippen molar-refractivity contribution in [2.24, 2.45) is 5.92 Å². The third kappa shape index (κ3) is 3.79. The number of nitrogens with zero attached hydrogens (tertiary/aromatic N) is 5. The number of imidazole rings is 1. The van der Waals surface area contributed by atoms with E-state index in [1.807, 2.05) is 29.0 Å². The second kappa shape index (κ2) is 7.19. The molecule has 3 heterocycles. The molecule has 0 N–H and O–H groups in total. The van der Waals surface area contributed by atoms with E-state index in [9.17, 15) is 0 Å². The topological polar surface area (TPSA) is 60.0 Å². The van der Waals surface area contributed by atoms with E-state index < -0.39 is 0 Å². The number of piperidine rings is 1. The summed E-state index contributed by atoms with van der Waals surface area (Å²) in [4.78, 5) is 11.4. The number of aromatic nitrogens is 4. The maximum Gasteiger partial charge on any atom is 0.246 e. The molecule has 1 aliphatic rings. The van der Waals surface area contributed by atoms with E-state index >= 15 is 0 Å². The van der Waals surface area contributed by atoms with Gasteiger partial charge in [0, 0.05) is 24.4 Å². The summed E-state index contributed by atoms with van der Waals surface area (Å²) >= 11 is 0. The number of rotatable bonds is 5. The van der Waals surface area contributed by atoms with Crippen molar-refractivity contribution in [1.82, 2.24) is 24.6 Å². The molecule has 0 spiro atoms. The molecule has 2 aromatic heterocycles. The summed E-state index contributed by atoms with van der Waals surface area (Å²) in [7, 11) is 2.18. The molecule has 25 heavy (non-hydrogen) atoms. The highest BCUT2D eigenvalue weighted by molar-refractivity contribution is 5.55. The van der Waals surface area contributed by atoms with Crippen molar-refractivity contribution >= 4 is 0 Å². The van der Waals surface area contributed by atoms with E-state index in [4.69, 9.17) is 4.52 Å². The summed E-state index contributed by atoms with van der Waals surface area (Å²) < 4.78 is 7.52. The zero-order valence-electron chi connectivity index (χ0n) is 14.5. The minimum atomic E-state index is 0.546. The van der Waals surface area contributed by atoms with Crippen LogP contribution in [-0.2, 0) is 13.0 Å². The molecule has 6 heteroatoms. The lowest BCUT2D eigenvalue weighted by Crippen LogP contribution is -2.31. The van der Waals surface area contributed by atoms with Gasteiger partial charge in [0.1, 0.15) is 12.4 Å². The van der Waals surface area contributed by atoms with Gasteiger partial charge in [-0.2, -0.15) is 4.98 Å². The van der Waals surface area contributed by atoms with E-state index in [1.54, 1.807) is 6.20 Å². The normalized spacial score (nSPS) is 16.4. The van der Waals surface area contributed by atoms with Gasteiger partial charge >= 0.3 is 0 Å². The van der Waals surface area contributed by atoms with Crippen LogP contribution in [0.3, 0.4) is 0 Å². The third-order valence-electron chi connectivity index (χ3n) is 4.87. The average molecular weight is 337 g/mol. The van der Waals surface area contributed by atoms with Crippen molar-refractivity contribution in [3.63, 3.8) is 0 Å². The predicted molar refractivity (Wildman–Crippen MR) is 95.0 cm³/mol. The van der Waals surface area contributed by atoms with Crippen LogP contribution < -0.4 is 0 Å². The van der Waals surface area contributed by atoms with Crippen LogP contribution in [-0.4, -0.2) is 44.7 Å². The van der Waals surface area contributed by atoms with Gasteiger partial charge in [-0.05, 0) is 38.9 Å². The molecule has 1 saturated heterocycles. The summed E-state index contributed by atoms with van der Waals surface area (Å²) in [6.45, 7) is 2.86. The van der Waals surface area contributed by atoms with Gasteiger partial charge in [-0.15, -0.1) is 0 Å². The highest BCUT2D eigenvalue weighted by atomic mass is 16.5. The molecule has 0 saturated carbocycles. The number of likely N-dealkylation sites (tertiary alicyclic amines) is 1. The van der Waals surface area contributed by atoms with Gasteiger partial charge in [0.25, 0.3) is 0 Å². The van der Waals surface area contributed by atoms with Crippen molar-refractivity contribution < 1.29 is 4.52 Å². The first-order chi connectivity index (χ1) is 12.3. The molecule has 0 bridgehead atoms. The van der Waals surface area contributed by atoms with Gasteiger partial charge in [-0.3, -0.25) is 0 Å². The lowest BCUT2D eigenvalue weighted by molar-refractivity contribution is 0.216. The van der Waals surface area contributed by atoms with Crippen molar-refractivity contribution in [2.75, 3.05) is 20.1 Å². The average Bonchev–Trinajstić information content (AvgIpc) is 3.28. The molecule has 6 nitrogen and oxygen atoms in total. The molecule has 130 valence electrons. The van der Waals surface area contributed by atoms with Crippen LogP contribution in [0.2, 0.25) is 0 Å². The maximum absolute atomic E-state index is 5.47. The third-order valence-corrected chi connectivity index (χ3v) is 4.87. The van der Waals surface area contributed by atoms with Gasteiger partial charge in [0.05, 0.1) is 0 Å². The minimum absolute atomic E-state index is 0.546. The molecule has 1 aromatic carbocycles. The van der Waals surface area contributed by atoms with Crippen LogP contribution >= 0.6 is 0 Å². The fraction of sp³-hybridized carbons (Fsp3) is 0.421. The Balaban J connectivity index is 1.43. The van der Waals surface area contributed by atoms with E-state index in [1.165, 1.54) is 12.8 Å². The zero-order valence-corrected chi connectivity index (χ0v) is 14.5. The molecule has 3 aromatic rings. The van der Waals surface area contributed by atoms with Crippen LogP contribution in [0.4, 0.5) is 0 Å². The van der Waals surface area contributed by atoms with Gasteiger partial charge in [-0.1, -0.05) is 35.5 Å². The van der Waals surface area contributed by atoms with E-state index in [0.29, 0.717) is 18.4 Å². The Morgan fingerprint density at radius 3 is 2.76 bits per heavy atom. The molecular formula is C19H23N5O. The first kappa shape index (κ1) is 16.0. The predicted octanol–water partition coefficient (Wildman–Crippen LogP) is 2.87. The lowest BCUT2D eigenvalue weighted by atomic mass is 9.94. The second-order valence-corrected chi connectivity index (χ2v) is 6.80. The fourth-order valence-corrected chi connectivity index (χ4v) is 3.39. The van der Waals surface area contributed by atoms with Crippen LogP contribution in [0.25, 0.3) is 11.4 Å². The van der Waals surface area contributed by atoms with Gasteiger partial charge in [0.15, 0.2) is 5.82 Å². The van der Waals surface area contributed by atoms with E-state index in [2.05, 4.69) is 39.2 Å². The largest absolute Gasteiger partial charge is 0.337 e. The molecule has 1 aliphatic heterocycles. The van der Waals surface area contributed by atoms with Crippen molar-refractivity contribution in [1.29, 1.82) is 0 Å². The number of hydrogen-bond acceptors (Lipinski definition) is 5. The molecule has 0 radical (unpaired) electrons. The Hall–Kier alpha value is -2.47. The summed E-state index contributed by atoms with van der Waals surface area (Å²) in [5.41, 5.74) is 1.08. The number of benzene rings is 1. The van der Waals surface area contributed by atoms with Crippen molar-refractivity contribution in [3.05, 3.63) is 54.4 Å². The quantitative estimate of drug-likeness (QED) is 0.716. The Morgan fingerprint density at radius 1 is 1.16 bits per heavy atom. The second-order valence-electron chi connectivity index (χ2n) is 6.80. The molecule has 0 atom stereocenters. The van der Waals surface area contributed by atoms with Gasteiger partial charge in [-0.25, -0.2) is 4.98 Å².